The van der Waals surface area contributed by atoms with Crippen LogP contribution in [-0.4, -0.2) is 30.4 Å². The molecule has 0 bridgehead atoms. The van der Waals surface area contributed by atoms with Gasteiger partial charge in [-0.3, -0.25) is 24.3 Å². The lowest BCUT2D eigenvalue weighted by atomic mass is 10.2. The molecule has 0 aliphatic carbocycles. The second-order valence-corrected chi connectivity index (χ2v) is 6.05. The van der Waals surface area contributed by atoms with Gasteiger partial charge in [0.2, 0.25) is 5.69 Å². The fourth-order valence-electron chi connectivity index (χ4n) is 2.84. The van der Waals surface area contributed by atoms with Crippen LogP contribution >= 0.6 is 0 Å². The van der Waals surface area contributed by atoms with E-state index in [1.807, 2.05) is 0 Å². The van der Waals surface area contributed by atoms with E-state index in [4.69, 9.17) is 0 Å². The van der Waals surface area contributed by atoms with Crippen LogP contribution in [0.5, 0.6) is 0 Å². The molecule has 0 spiro atoms. The van der Waals surface area contributed by atoms with Crippen LogP contribution in [0.25, 0.3) is 0 Å². The Kier molecular flexibility index (Phi) is 4.72. The quantitative estimate of drug-likeness (QED) is 0.547. The molecule has 0 fully saturated rings. The van der Waals surface area contributed by atoms with Crippen molar-refractivity contribution < 1.29 is 14.1 Å². The summed E-state index contributed by atoms with van der Waals surface area (Å²) in [5, 5.41) is 21.9. The lowest BCUT2D eigenvalue weighted by Crippen LogP contribution is -2.18. The molecule has 0 atom stereocenters. The summed E-state index contributed by atoms with van der Waals surface area (Å²) in [6, 6.07) is 6.15. The van der Waals surface area contributed by atoms with Gasteiger partial charge < -0.3 is 5.32 Å². The highest BCUT2D eigenvalue weighted by Gasteiger charge is 2.27. The molecule has 3 aromatic rings. The van der Waals surface area contributed by atoms with Crippen LogP contribution in [-0.2, 0) is 13.6 Å². The predicted octanol–water partition coefficient (Wildman–Crippen LogP) is 2.58. The molecule has 2 heterocycles. The van der Waals surface area contributed by atoms with Crippen molar-refractivity contribution in [2.75, 3.05) is 5.32 Å². The molecule has 2 aromatic heterocycles. The van der Waals surface area contributed by atoms with E-state index >= 15 is 0 Å². The van der Waals surface area contributed by atoms with E-state index in [9.17, 15) is 19.3 Å². The van der Waals surface area contributed by atoms with Gasteiger partial charge in [-0.1, -0.05) is 12.1 Å². The maximum absolute atomic E-state index is 13.4. The SMILES string of the molecule is Cc1nn(Cc2cccc(F)c2)c(C)c1NC(=O)c1c([N+](=O)[O-])cnn1C. The fraction of sp³-hybridized carbons (Fsp3) is 0.235. The van der Waals surface area contributed by atoms with Crippen LogP contribution in [0.4, 0.5) is 15.8 Å². The van der Waals surface area contributed by atoms with Crippen molar-refractivity contribution >= 4 is 17.3 Å². The van der Waals surface area contributed by atoms with Gasteiger partial charge in [0.25, 0.3) is 5.91 Å². The Bertz CT molecular complexity index is 1040. The van der Waals surface area contributed by atoms with Gasteiger partial charge in [0.05, 0.1) is 28.5 Å². The standard InChI is InChI=1S/C17H17FN6O3/c1-10-15(20-17(25)16-14(24(26)27)8-19-22(16)3)11(2)23(21-10)9-12-5-4-6-13(18)7-12/h4-8H,9H2,1-3H3,(H,20,25). The van der Waals surface area contributed by atoms with Crippen LogP contribution in [0.15, 0.2) is 30.5 Å². The van der Waals surface area contributed by atoms with Gasteiger partial charge in [-0.15, -0.1) is 0 Å². The molecule has 1 aromatic carbocycles. The number of aryl methyl sites for hydroxylation is 2. The van der Waals surface area contributed by atoms with Crippen molar-refractivity contribution in [2.24, 2.45) is 7.05 Å². The molecule has 10 heteroatoms. The number of nitro groups is 1. The maximum atomic E-state index is 13.4. The van der Waals surface area contributed by atoms with E-state index in [2.05, 4.69) is 15.5 Å². The van der Waals surface area contributed by atoms with Crippen LogP contribution < -0.4 is 5.32 Å². The fourth-order valence-corrected chi connectivity index (χ4v) is 2.84. The first-order valence-electron chi connectivity index (χ1n) is 8.04. The maximum Gasteiger partial charge on any atom is 0.320 e. The Morgan fingerprint density at radius 1 is 1.37 bits per heavy atom. The van der Waals surface area contributed by atoms with Crippen molar-refractivity contribution in [1.82, 2.24) is 19.6 Å². The number of rotatable bonds is 5. The lowest BCUT2D eigenvalue weighted by Gasteiger charge is -2.07. The first-order valence-corrected chi connectivity index (χ1v) is 8.04. The Balaban J connectivity index is 1.88. The highest BCUT2D eigenvalue weighted by Crippen LogP contribution is 2.24. The zero-order chi connectivity index (χ0) is 19.7. The molecule has 0 aliphatic heterocycles. The molecule has 3 rings (SSSR count). The second-order valence-electron chi connectivity index (χ2n) is 6.05. The van der Waals surface area contributed by atoms with E-state index in [0.29, 0.717) is 23.6 Å². The minimum absolute atomic E-state index is 0.156. The van der Waals surface area contributed by atoms with Gasteiger partial charge in [0.15, 0.2) is 0 Å². The van der Waals surface area contributed by atoms with Crippen LogP contribution in [0.1, 0.15) is 27.4 Å². The molecule has 9 nitrogen and oxygen atoms in total. The third-order valence-corrected chi connectivity index (χ3v) is 4.17. The average molecular weight is 372 g/mol. The summed E-state index contributed by atoms with van der Waals surface area (Å²) in [6.45, 7) is 3.79. The monoisotopic (exact) mass is 372 g/mol. The molecule has 1 N–H and O–H groups in total. The number of halogens is 1. The van der Waals surface area contributed by atoms with Crippen molar-refractivity contribution in [1.29, 1.82) is 0 Å². The summed E-state index contributed by atoms with van der Waals surface area (Å²) < 4.78 is 16.2. The van der Waals surface area contributed by atoms with Gasteiger partial charge in [-0.25, -0.2) is 4.39 Å². The number of nitrogens with one attached hydrogen (secondary N) is 1. The molecule has 140 valence electrons. The van der Waals surface area contributed by atoms with Crippen LogP contribution in [0.3, 0.4) is 0 Å². The Labute approximate surface area is 153 Å². The summed E-state index contributed by atoms with van der Waals surface area (Å²) in [4.78, 5) is 23.0. The average Bonchev–Trinajstić information content (AvgIpc) is 3.10. The Hall–Kier alpha value is -3.56. The number of aromatic nitrogens is 4. The molecule has 0 saturated carbocycles. The second kappa shape index (κ2) is 6.98. The minimum atomic E-state index is -0.658. The zero-order valence-electron chi connectivity index (χ0n) is 14.9. The van der Waals surface area contributed by atoms with Crippen molar-refractivity contribution in [3.63, 3.8) is 0 Å². The van der Waals surface area contributed by atoms with Crippen molar-refractivity contribution in [3.05, 3.63) is 69.0 Å². The molecule has 0 saturated heterocycles. The van der Waals surface area contributed by atoms with Crippen LogP contribution in [0, 0.1) is 29.8 Å². The number of nitrogens with zero attached hydrogens (tertiary/aromatic N) is 5. The van der Waals surface area contributed by atoms with Gasteiger partial charge in [-0.05, 0) is 31.5 Å². The first-order chi connectivity index (χ1) is 12.8. The predicted molar refractivity (Wildman–Crippen MR) is 95.0 cm³/mol. The van der Waals surface area contributed by atoms with E-state index < -0.39 is 10.8 Å². The first kappa shape index (κ1) is 18.2. The highest BCUT2D eigenvalue weighted by atomic mass is 19.1. The number of amides is 1. The normalized spacial score (nSPS) is 10.8. The number of anilines is 1. The number of carbonyl (C=O) groups excluding carboxylic acids is 1. The van der Waals surface area contributed by atoms with E-state index in [1.54, 1.807) is 30.7 Å². The third kappa shape index (κ3) is 3.54. The summed E-state index contributed by atoms with van der Waals surface area (Å²) >= 11 is 0. The molecule has 0 aliphatic rings. The summed E-state index contributed by atoms with van der Waals surface area (Å²) in [7, 11) is 1.45. The van der Waals surface area contributed by atoms with Gasteiger partial charge in [0.1, 0.15) is 12.0 Å². The summed E-state index contributed by atoms with van der Waals surface area (Å²) in [6.07, 6.45) is 1.03. The third-order valence-electron chi connectivity index (χ3n) is 4.17. The molecular weight excluding hydrogens is 355 g/mol. The van der Waals surface area contributed by atoms with E-state index in [0.717, 1.165) is 16.4 Å². The van der Waals surface area contributed by atoms with E-state index in [-0.39, 0.29) is 17.2 Å². The van der Waals surface area contributed by atoms with E-state index in [1.165, 1.54) is 19.2 Å². The molecule has 1 amide bonds. The number of hydrogen-bond acceptors (Lipinski definition) is 5. The van der Waals surface area contributed by atoms with Crippen molar-refractivity contribution in [2.45, 2.75) is 20.4 Å². The Morgan fingerprint density at radius 3 is 2.78 bits per heavy atom. The summed E-state index contributed by atoms with van der Waals surface area (Å²) in [5.41, 5.74) is 1.83. The largest absolute Gasteiger partial charge is 0.320 e. The zero-order valence-corrected chi connectivity index (χ0v) is 14.9. The molecule has 0 unspecified atom stereocenters. The Morgan fingerprint density at radius 2 is 2.11 bits per heavy atom. The van der Waals surface area contributed by atoms with Gasteiger partial charge in [0, 0.05) is 7.05 Å². The smallest absolute Gasteiger partial charge is 0.317 e. The topological polar surface area (TPSA) is 108 Å². The number of hydrogen-bond donors (Lipinski definition) is 1. The van der Waals surface area contributed by atoms with Gasteiger partial charge in [-0.2, -0.15) is 10.2 Å². The lowest BCUT2D eigenvalue weighted by molar-refractivity contribution is -0.385. The molecule has 0 radical (unpaired) electrons. The number of benzene rings is 1. The molecule has 27 heavy (non-hydrogen) atoms. The molecular formula is C17H17FN6O3. The minimum Gasteiger partial charge on any atom is -0.317 e. The van der Waals surface area contributed by atoms with Crippen molar-refractivity contribution in [3.8, 4) is 0 Å². The number of carbonyl (C=O) groups is 1. The highest BCUT2D eigenvalue weighted by molar-refractivity contribution is 6.06. The van der Waals surface area contributed by atoms with Crippen LogP contribution in [0.2, 0.25) is 0 Å². The van der Waals surface area contributed by atoms with Gasteiger partial charge >= 0.3 is 5.69 Å². The summed E-state index contributed by atoms with van der Waals surface area (Å²) in [5.74, 6) is -0.996.